The normalized spacial score (nSPS) is 11.5. The molecule has 0 fully saturated rings. The van der Waals surface area contributed by atoms with Crippen molar-refractivity contribution in [3.8, 4) is 17.6 Å². The zero-order chi connectivity index (χ0) is 23.2. The van der Waals surface area contributed by atoms with Crippen LogP contribution in [0, 0.1) is 11.3 Å². The van der Waals surface area contributed by atoms with Gasteiger partial charge in [-0.15, -0.1) is 0 Å². The Kier molecular flexibility index (Phi) is 6.82. The Labute approximate surface area is 196 Å². The molecular formula is C26H22ClN3O3. The van der Waals surface area contributed by atoms with Crippen LogP contribution in [0.25, 0.3) is 10.9 Å². The van der Waals surface area contributed by atoms with Gasteiger partial charge < -0.3 is 19.8 Å². The average molecular weight is 460 g/mol. The van der Waals surface area contributed by atoms with Crippen LogP contribution in [0.4, 0.5) is 0 Å². The van der Waals surface area contributed by atoms with E-state index in [4.69, 9.17) is 26.3 Å². The number of rotatable bonds is 8. The summed E-state index contributed by atoms with van der Waals surface area (Å²) in [6.45, 7) is 0.201. The van der Waals surface area contributed by atoms with Crippen molar-refractivity contribution in [2.45, 2.75) is 5.92 Å². The molecule has 4 rings (SSSR count). The Morgan fingerprint density at radius 1 is 1.15 bits per heavy atom. The molecule has 0 radical (unpaired) electrons. The van der Waals surface area contributed by atoms with Crippen molar-refractivity contribution in [1.82, 2.24) is 10.3 Å². The van der Waals surface area contributed by atoms with Crippen LogP contribution in [0.1, 0.15) is 22.6 Å². The molecule has 0 aliphatic rings. The van der Waals surface area contributed by atoms with E-state index >= 15 is 0 Å². The van der Waals surface area contributed by atoms with Gasteiger partial charge in [0.15, 0.2) is 6.61 Å². The second-order valence-corrected chi connectivity index (χ2v) is 7.87. The van der Waals surface area contributed by atoms with Gasteiger partial charge in [0.2, 0.25) is 0 Å². The van der Waals surface area contributed by atoms with Crippen molar-refractivity contribution in [3.05, 3.63) is 94.6 Å². The SMILES string of the molecule is COc1ccc(C(CNC(=O)COc2ccc(C#N)cc2Cl)c2c[nH]c3ccccc23)cc1. The van der Waals surface area contributed by atoms with Gasteiger partial charge in [-0.2, -0.15) is 5.26 Å². The molecule has 1 heterocycles. The highest BCUT2D eigenvalue weighted by molar-refractivity contribution is 6.32. The third kappa shape index (κ3) is 5.11. The van der Waals surface area contributed by atoms with E-state index < -0.39 is 0 Å². The van der Waals surface area contributed by atoms with Crippen LogP contribution < -0.4 is 14.8 Å². The predicted octanol–water partition coefficient (Wildman–Crippen LogP) is 5.03. The number of fused-ring (bicyclic) bond motifs is 1. The van der Waals surface area contributed by atoms with Crippen LogP contribution >= 0.6 is 11.6 Å². The number of aromatic nitrogens is 1. The van der Waals surface area contributed by atoms with Crippen LogP contribution in [0.2, 0.25) is 5.02 Å². The minimum atomic E-state index is -0.270. The summed E-state index contributed by atoms with van der Waals surface area (Å²) in [5.74, 6) is 0.783. The van der Waals surface area contributed by atoms with E-state index in [0.717, 1.165) is 27.8 Å². The van der Waals surface area contributed by atoms with Crippen LogP contribution in [0.5, 0.6) is 11.5 Å². The molecular weight excluding hydrogens is 438 g/mol. The number of carbonyl (C=O) groups excluding carboxylic acids is 1. The first-order valence-corrected chi connectivity index (χ1v) is 10.8. The molecule has 1 atom stereocenters. The highest BCUT2D eigenvalue weighted by Crippen LogP contribution is 2.31. The second-order valence-electron chi connectivity index (χ2n) is 7.47. The third-order valence-corrected chi connectivity index (χ3v) is 5.73. The minimum Gasteiger partial charge on any atom is -0.497 e. The molecule has 0 aliphatic heterocycles. The number of carbonyl (C=O) groups is 1. The highest BCUT2D eigenvalue weighted by atomic mass is 35.5. The van der Waals surface area contributed by atoms with E-state index in [1.54, 1.807) is 19.2 Å². The molecule has 4 aromatic rings. The fourth-order valence-electron chi connectivity index (χ4n) is 3.72. The van der Waals surface area contributed by atoms with E-state index in [9.17, 15) is 4.79 Å². The Morgan fingerprint density at radius 2 is 1.94 bits per heavy atom. The van der Waals surface area contributed by atoms with Gasteiger partial charge in [0.25, 0.3) is 5.91 Å². The number of H-pyrrole nitrogens is 1. The summed E-state index contributed by atoms with van der Waals surface area (Å²) in [6.07, 6.45) is 1.98. The fraction of sp³-hybridized carbons (Fsp3) is 0.154. The predicted molar refractivity (Wildman–Crippen MR) is 128 cm³/mol. The Bertz CT molecular complexity index is 1310. The molecule has 33 heavy (non-hydrogen) atoms. The number of para-hydroxylation sites is 1. The summed E-state index contributed by atoms with van der Waals surface area (Å²) < 4.78 is 10.8. The van der Waals surface area contributed by atoms with Gasteiger partial charge in [-0.25, -0.2) is 0 Å². The number of nitriles is 1. The molecule has 3 aromatic carbocycles. The maximum atomic E-state index is 12.6. The number of amides is 1. The van der Waals surface area contributed by atoms with Crippen molar-refractivity contribution >= 4 is 28.4 Å². The summed E-state index contributed by atoms with van der Waals surface area (Å²) in [4.78, 5) is 15.9. The smallest absolute Gasteiger partial charge is 0.257 e. The first-order valence-electron chi connectivity index (χ1n) is 10.4. The summed E-state index contributed by atoms with van der Waals surface area (Å²) in [5, 5.41) is 13.3. The average Bonchev–Trinajstić information content (AvgIpc) is 3.27. The fourth-order valence-corrected chi connectivity index (χ4v) is 3.96. The molecule has 0 saturated carbocycles. The molecule has 7 heteroatoms. The number of nitrogens with one attached hydrogen (secondary N) is 2. The monoisotopic (exact) mass is 459 g/mol. The number of aromatic amines is 1. The van der Waals surface area contributed by atoms with E-state index in [-0.39, 0.29) is 23.5 Å². The molecule has 0 aliphatic carbocycles. The minimum absolute atomic E-state index is 0.0745. The quantitative estimate of drug-likeness (QED) is 0.387. The van der Waals surface area contributed by atoms with Crippen molar-refractivity contribution in [2.75, 3.05) is 20.3 Å². The van der Waals surface area contributed by atoms with Crippen molar-refractivity contribution in [3.63, 3.8) is 0 Å². The summed E-state index contributed by atoms with van der Waals surface area (Å²) in [6, 6.07) is 22.6. The topological polar surface area (TPSA) is 87.1 Å². The van der Waals surface area contributed by atoms with Crippen LogP contribution in [0.3, 0.4) is 0 Å². The summed E-state index contributed by atoms with van der Waals surface area (Å²) in [7, 11) is 1.63. The van der Waals surface area contributed by atoms with Gasteiger partial charge >= 0.3 is 0 Å². The van der Waals surface area contributed by atoms with Crippen LogP contribution in [-0.2, 0) is 4.79 Å². The van der Waals surface area contributed by atoms with Crippen LogP contribution in [-0.4, -0.2) is 31.2 Å². The molecule has 6 nitrogen and oxygen atoms in total. The largest absolute Gasteiger partial charge is 0.497 e. The molecule has 0 spiro atoms. The number of halogens is 1. The van der Waals surface area contributed by atoms with E-state index in [1.165, 1.54) is 6.07 Å². The number of ether oxygens (including phenoxy) is 2. The molecule has 0 bridgehead atoms. The maximum absolute atomic E-state index is 12.6. The lowest BCUT2D eigenvalue weighted by atomic mass is 9.91. The zero-order valence-electron chi connectivity index (χ0n) is 18.0. The maximum Gasteiger partial charge on any atom is 0.257 e. The molecule has 2 N–H and O–H groups in total. The Balaban J connectivity index is 1.49. The standard InChI is InChI=1S/C26H22ClN3O3/c1-32-19-9-7-18(8-10-19)21(22-15-29-24-5-3-2-4-20(22)24)14-30-26(31)16-33-25-11-6-17(13-28)12-23(25)27/h2-12,15,21,29H,14,16H2,1H3,(H,30,31). The van der Waals surface area contributed by atoms with Gasteiger partial charge in [-0.1, -0.05) is 41.9 Å². The van der Waals surface area contributed by atoms with E-state index in [1.807, 2.05) is 54.7 Å². The number of nitrogens with zero attached hydrogens (tertiary/aromatic N) is 1. The summed E-state index contributed by atoms with van der Waals surface area (Å²) in [5.41, 5.74) is 3.61. The molecule has 1 unspecified atom stereocenters. The molecule has 1 amide bonds. The third-order valence-electron chi connectivity index (χ3n) is 5.44. The molecule has 1 aromatic heterocycles. The first-order chi connectivity index (χ1) is 16.1. The van der Waals surface area contributed by atoms with Gasteiger partial charge in [0.05, 0.1) is 23.8 Å². The van der Waals surface area contributed by atoms with Crippen molar-refractivity contribution in [1.29, 1.82) is 5.26 Å². The second kappa shape index (κ2) is 10.1. The zero-order valence-corrected chi connectivity index (χ0v) is 18.7. The number of benzene rings is 3. The lowest BCUT2D eigenvalue weighted by molar-refractivity contribution is -0.123. The molecule has 166 valence electrons. The van der Waals surface area contributed by atoms with Gasteiger partial charge in [0.1, 0.15) is 11.5 Å². The van der Waals surface area contributed by atoms with Crippen LogP contribution in [0.15, 0.2) is 72.9 Å². The van der Waals surface area contributed by atoms with E-state index in [2.05, 4.69) is 16.4 Å². The lowest BCUT2D eigenvalue weighted by Gasteiger charge is -2.19. The number of hydrogen-bond donors (Lipinski definition) is 2. The first kappa shape index (κ1) is 22.3. The Hall–Kier alpha value is -3.95. The van der Waals surface area contributed by atoms with Gasteiger partial charge in [-0.3, -0.25) is 4.79 Å². The lowest BCUT2D eigenvalue weighted by Crippen LogP contribution is -2.32. The number of hydrogen-bond acceptors (Lipinski definition) is 4. The van der Waals surface area contributed by atoms with Crippen molar-refractivity contribution < 1.29 is 14.3 Å². The van der Waals surface area contributed by atoms with Gasteiger partial charge in [-0.05, 0) is 47.5 Å². The van der Waals surface area contributed by atoms with E-state index in [0.29, 0.717) is 17.9 Å². The highest BCUT2D eigenvalue weighted by Gasteiger charge is 2.19. The summed E-state index contributed by atoms with van der Waals surface area (Å²) >= 11 is 6.13. The van der Waals surface area contributed by atoms with Crippen molar-refractivity contribution in [2.24, 2.45) is 0 Å². The number of methoxy groups -OCH3 is 1. The molecule has 0 saturated heterocycles. The van der Waals surface area contributed by atoms with Gasteiger partial charge in [0, 0.05) is 29.6 Å². The Morgan fingerprint density at radius 3 is 2.67 bits per heavy atom.